The Morgan fingerprint density at radius 3 is 2.47 bits per heavy atom. The molecule has 0 N–H and O–H groups in total. The number of hydrogen-bond donors (Lipinski definition) is 0. The Balaban J connectivity index is 2.17. The highest BCUT2D eigenvalue weighted by Crippen LogP contribution is 2.43. The second-order valence-electron chi connectivity index (χ2n) is 4.59. The average Bonchev–Trinajstić information content (AvgIpc) is 3.13. The van der Waals surface area contributed by atoms with Gasteiger partial charge in [0.2, 0.25) is 0 Å². The van der Waals surface area contributed by atoms with Crippen LogP contribution in [0.15, 0.2) is 18.3 Å². The Bertz CT molecular complexity index is 635. The minimum absolute atomic E-state index is 0.0860. The van der Waals surface area contributed by atoms with Crippen LogP contribution in [0.25, 0.3) is 5.69 Å². The first-order valence-corrected chi connectivity index (χ1v) is 6.43. The molecule has 0 amide bonds. The van der Waals surface area contributed by atoms with Gasteiger partial charge in [-0.05, 0) is 12.8 Å². The molecule has 1 aromatic heterocycles. The molecule has 1 aliphatic rings. The Kier molecular flexibility index (Phi) is 3.01. The van der Waals surface area contributed by atoms with E-state index in [4.69, 9.17) is 11.6 Å². The average molecular weight is 287 g/mol. The SMILES string of the molecule is Fc1cc(F)c(-n2ncc(CCl)c2C2CC2)cc1F. The summed E-state index contributed by atoms with van der Waals surface area (Å²) < 4.78 is 41.3. The standard InChI is InChI=1S/C13H10ClF3N2/c14-5-8-6-18-19(13(8)7-1-2-7)12-4-10(16)9(15)3-11(12)17/h3-4,6-7H,1-2,5H2. The van der Waals surface area contributed by atoms with Crippen LogP contribution in [0.3, 0.4) is 0 Å². The third-order valence-corrected chi connectivity index (χ3v) is 3.50. The van der Waals surface area contributed by atoms with E-state index in [0.717, 1.165) is 30.2 Å². The first-order valence-electron chi connectivity index (χ1n) is 5.89. The van der Waals surface area contributed by atoms with Gasteiger partial charge in [0.1, 0.15) is 5.69 Å². The van der Waals surface area contributed by atoms with Gasteiger partial charge in [-0.2, -0.15) is 5.10 Å². The highest BCUT2D eigenvalue weighted by Gasteiger charge is 2.31. The molecule has 0 saturated heterocycles. The number of nitrogens with zero attached hydrogens (tertiary/aromatic N) is 2. The minimum atomic E-state index is -1.21. The van der Waals surface area contributed by atoms with Crippen molar-refractivity contribution in [3.05, 3.63) is 47.0 Å². The molecule has 0 bridgehead atoms. The summed E-state index contributed by atoms with van der Waals surface area (Å²) in [7, 11) is 0. The lowest BCUT2D eigenvalue weighted by molar-refractivity contribution is 0.491. The smallest absolute Gasteiger partial charge is 0.161 e. The number of benzene rings is 1. The summed E-state index contributed by atoms with van der Waals surface area (Å²) in [6.45, 7) is 0. The van der Waals surface area contributed by atoms with Crippen LogP contribution in [0.2, 0.25) is 0 Å². The summed E-state index contributed by atoms with van der Waals surface area (Å²) in [6, 6.07) is 1.35. The molecule has 0 atom stereocenters. The molecule has 0 aliphatic heterocycles. The topological polar surface area (TPSA) is 17.8 Å². The van der Waals surface area contributed by atoms with Gasteiger partial charge in [0.25, 0.3) is 0 Å². The first-order chi connectivity index (χ1) is 9.11. The van der Waals surface area contributed by atoms with E-state index in [-0.39, 0.29) is 17.5 Å². The van der Waals surface area contributed by atoms with Crippen molar-refractivity contribution in [2.45, 2.75) is 24.6 Å². The van der Waals surface area contributed by atoms with Crippen molar-refractivity contribution >= 4 is 11.6 Å². The molecule has 1 heterocycles. The maximum atomic E-state index is 13.8. The van der Waals surface area contributed by atoms with E-state index in [1.165, 1.54) is 4.68 Å². The number of hydrogen-bond acceptors (Lipinski definition) is 1. The predicted octanol–water partition coefficient (Wildman–Crippen LogP) is 3.91. The lowest BCUT2D eigenvalue weighted by Crippen LogP contribution is -2.06. The van der Waals surface area contributed by atoms with Gasteiger partial charge in [0.15, 0.2) is 17.5 Å². The van der Waals surface area contributed by atoms with Crippen LogP contribution in [0, 0.1) is 17.5 Å². The third-order valence-electron chi connectivity index (χ3n) is 3.21. The van der Waals surface area contributed by atoms with E-state index in [1.807, 2.05) is 0 Å². The fourth-order valence-corrected chi connectivity index (χ4v) is 2.36. The summed E-state index contributed by atoms with van der Waals surface area (Å²) in [5.41, 5.74) is 1.50. The van der Waals surface area contributed by atoms with Gasteiger partial charge in [-0.15, -0.1) is 11.6 Å². The molecular formula is C13H10ClF3N2. The van der Waals surface area contributed by atoms with Crippen LogP contribution < -0.4 is 0 Å². The van der Waals surface area contributed by atoms with Crippen molar-refractivity contribution in [2.24, 2.45) is 0 Å². The highest BCUT2D eigenvalue weighted by molar-refractivity contribution is 6.17. The first kappa shape index (κ1) is 12.5. The molecule has 0 spiro atoms. The molecule has 0 radical (unpaired) electrons. The molecule has 1 saturated carbocycles. The van der Waals surface area contributed by atoms with Gasteiger partial charge in [0.05, 0.1) is 17.8 Å². The highest BCUT2D eigenvalue weighted by atomic mass is 35.5. The fraction of sp³-hybridized carbons (Fsp3) is 0.308. The molecule has 1 aliphatic carbocycles. The maximum absolute atomic E-state index is 13.8. The summed E-state index contributed by atoms with van der Waals surface area (Å²) in [6.07, 6.45) is 3.49. The van der Waals surface area contributed by atoms with Gasteiger partial charge in [0, 0.05) is 23.6 Å². The summed E-state index contributed by atoms with van der Waals surface area (Å²) in [5.74, 6) is -2.62. The van der Waals surface area contributed by atoms with Crippen LogP contribution in [-0.4, -0.2) is 9.78 Å². The number of alkyl halides is 1. The summed E-state index contributed by atoms with van der Waals surface area (Å²) in [5, 5.41) is 4.05. The molecule has 1 fully saturated rings. The largest absolute Gasteiger partial charge is 0.234 e. The number of rotatable bonds is 3. The zero-order chi connectivity index (χ0) is 13.6. The normalized spacial score (nSPS) is 14.9. The molecule has 6 heteroatoms. The van der Waals surface area contributed by atoms with Gasteiger partial charge in [-0.1, -0.05) is 0 Å². The molecule has 2 aromatic rings. The van der Waals surface area contributed by atoms with E-state index >= 15 is 0 Å². The van der Waals surface area contributed by atoms with Crippen molar-refractivity contribution in [1.29, 1.82) is 0 Å². The second-order valence-corrected chi connectivity index (χ2v) is 4.86. The van der Waals surface area contributed by atoms with E-state index in [1.54, 1.807) is 6.20 Å². The van der Waals surface area contributed by atoms with E-state index in [9.17, 15) is 13.2 Å². The Morgan fingerprint density at radius 2 is 1.84 bits per heavy atom. The maximum Gasteiger partial charge on any atom is 0.161 e. The monoisotopic (exact) mass is 286 g/mol. The van der Waals surface area contributed by atoms with Gasteiger partial charge in [-0.25, -0.2) is 17.9 Å². The van der Waals surface area contributed by atoms with Crippen molar-refractivity contribution in [3.63, 3.8) is 0 Å². The minimum Gasteiger partial charge on any atom is -0.234 e. The second kappa shape index (κ2) is 4.56. The van der Waals surface area contributed by atoms with E-state index < -0.39 is 17.5 Å². The van der Waals surface area contributed by atoms with Crippen LogP contribution in [0.5, 0.6) is 0 Å². The third kappa shape index (κ3) is 2.12. The van der Waals surface area contributed by atoms with Crippen molar-refractivity contribution < 1.29 is 13.2 Å². The van der Waals surface area contributed by atoms with Crippen LogP contribution in [0.4, 0.5) is 13.2 Å². The lowest BCUT2D eigenvalue weighted by Gasteiger charge is -2.09. The molecule has 19 heavy (non-hydrogen) atoms. The lowest BCUT2D eigenvalue weighted by atomic mass is 10.2. The number of halogens is 4. The fourth-order valence-electron chi connectivity index (χ4n) is 2.15. The summed E-state index contributed by atoms with van der Waals surface area (Å²) in [4.78, 5) is 0. The van der Waals surface area contributed by atoms with Crippen molar-refractivity contribution in [3.8, 4) is 5.69 Å². The summed E-state index contributed by atoms with van der Waals surface area (Å²) >= 11 is 5.82. The molecule has 1 aromatic carbocycles. The molecule has 100 valence electrons. The molecule has 3 rings (SSSR count). The van der Waals surface area contributed by atoms with E-state index in [2.05, 4.69) is 5.10 Å². The number of aromatic nitrogens is 2. The van der Waals surface area contributed by atoms with Crippen LogP contribution >= 0.6 is 11.6 Å². The molecule has 0 unspecified atom stereocenters. The zero-order valence-electron chi connectivity index (χ0n) is 9.84. The van der Waals surface area contributed by atoms with Crippen LogP contribution in [-0.2, 0) is 5.88 Å². The molecular weight excluding hydrogens is 277 g/mol. The van der Waals surface area contributed by atoms with E-state index in [0.29, 0.717) is 6.07 Å². The van der Waals surface area contributed by atoms with Gasteiger partial charge in [-0.3, -0.25) is 0 Å². The molecule has 2 nitrogen and oxygen atoms in total. The van der Waals surface area contributed by atoms with Gasteiger partial charge < -0.3 is 0 Å². The zero-order valence-corrected chi connectivity index (χ0v) is 10.6. The Labute approximate surface area is 112 Å². The van der Waals surface area contributed by atoms with Gasteiger partial charge >= 0.3 is 0 Å². The Morgan fingerprint density at radius 1 is 1.16 bits per heavy atom. The van der Waals surface area contributed by atoms with Crippen molar-refractivity contribution in [1.82, 2.24) is 9.78 Å². The Hall–Kier alpha value is -1.49. The predicted molar refractivity (Wildman–Crippen MR) is 65.0 cm³/mol. The quantitative estimate of drug-likeness (QED) is 0.618. The van der Waals surface area contributed by atoms with Crippen LogP contribution in [0.1, 0.15) is 30.0 Å². The van der Waals surface area contributed by atoms with Crippen molar-refractivity contribution in [2.75, 3.05) is 0 Å².